The monoisotopic (exact) mass is 256 g/mol. The van der Waals surface area contributed by atoms with Crippen LogP contribution in [0.5, 0.6) is 0 Å². The molecule has 0 atom stereocenters. The SMILES string of the molecule is CCNc1cc(SCCOC)cc([N+](=O)[O-])c1. The highest BCUT2D eigenvalue weighted by atomic mass is 32.2. The molecule has 1 N–H and O–H groups in total. The van der Waals surface area contributed by atoms with E-state index in [1.807, 2.05) is 13.0 Å². The maximum Gasteiger partial charge on any atom is 0.272 e. The topological polar surface area (TPSA) is 64.4 Å². The standard InChI is InChI=1S/C11H16N2O3S/c1-3-12-9-6-10(13(14)15)8-11(7-9)17-5-4-16-2/h6-8,12H,3-5H2,1-2H3. The van der Waals surface area contributed by atoms with Gasteiger partial charge >= 0.3 is 0 Å². The Morgan fingerprint density at radius 3 is 2.82 bits per heavy atom. The number of hydrogen-bond acceptors (Lipinski definition) is 5. The van der Waals surface area contributed by atoms with Crippen LogP contribution in [0.2, 0.25) is 0 Å². The zero-order valence-corrected chi connectivity index (χ0v) is 10.8. The van der Waals surface area contributed by atoms with Crippen LogP contribution in [0, 0.1) is 10.1 Å². The molecule has 0 spiro atoms. The molecule has 0 radical (unpaired) electrons. The van der Waals surface area contributed by atoms with Crippen LogP contribution in [-0.2, 0) is 4.74 Å². The third-order valence-corrected chi connectivity index (χ3v) is 2.98. The number of methoxy groups -OCH3 is 1. The van der Waals surface area contributed by atoms with Gasteiger partial charge in [0.2, 0.25) is 0 Å². The minimum atomic E-state index is -0.374. The lowest BCUT2D eigenvalue weighted by Crippen LogP contribution is -1.99. The molecule has 0 saturated carbocycles. The summed E-state index contributed by atoms with van der Waals surface area (Å²) in [7, 11) is 1.64. The van der Waals surface area contributed by atoms with Crippen molar-refractivity contribution in [1.29, 1.82) is 0 Å². The van der Waals surface area contributed by atoms with Crippen LogP contribution in [0.4, 0.5) is 11.4 Å². The van der Waals surface area contributed by atoms with Gasteiger partial charge < -0.3 is 10.1 Å². The summed E-state index contributed by atoms with van der Waals surface area (Å²) >= 11 is 1.55. The number of nitro groups is 1. The average molecular weight is 256 g/mol. The lowest BCUT2D eigenvalue weighted by Gasteiger charge is -2.06. The summed E-state index contributed by atoms with van der Waals surface area (Å²) in [5.41, 5.74) is 0.894. The van der Waals surface area contributed by atoms with Crippen molar-refractivity contribution in [3.05, 3.63) is 28.3 Å². The smallest absolute Gasteiger partial charge is 0.272 e. The highest BCUT2D eigenvalue weighted by molar-refractivity contribution is 7.99. The first kappa shape index (κ1) is 13.8. The molecule has 6 heteroatoms. The summed E-state index contributed by atoms with van der Waals surface area (Å²) in [6.07, 6.45) is 0. The Kier molecular flexibility index (Phi) is 5.79. The molecule has 0 amide bonds. The van der Waals surface area contributed by atoms with Crippen LogP contribution >= 0.6 is 11.8 Å². The number of thioether (sulfide) groups is 1. The second-order valence-electron chi connectivity index (χ2n) is 3.34. The van der Waals surface area contributed by atoms with E-state index in [2.05, 4.69) is 5.32 Å². The first-order valence-corrected chi connectivity index (χ1v) is 6.31. The van der Waals surface area contributed by atoms with Crippen LogP contribution in [0.15, 0.2) is 23.1 Å². The minimum absolute atomic E-state index is 0.114. The molecule has 0 aromatic heterocycles. The number of benzene rings is 1. The molecule has 0 fully saturated rings. The van der Waals surface area contributed by atoms with E-state index in [4.69, 9.17) is 4.74 Å². The van der Waals surface area contributed by atoms with E-state index in [0.29, 0.717) is 6.61 Å². The van der Waals surface area contributed by atoms with Crippen molar-refractivity contribution in [2.45, 2.75) is 11.8 Å². The molecule has 0 aliphatic heterocycles. The van der Waals surface area contributed by atoms with E-state index in [0.717, 1.165) is 22.9 Å². The van der Waals surface area contributed by atoms with E-state index >= 15 is 0 Å². The summed E-state index contributed by atoms with van der Waals surface area (Å²) in [5.74, 6) is 0.781. The fourth-order valence-electron chi connectivity index (χ4n) is 1.32. The van der Waals surface area contributed by atoms with Gasteiger partial charge in [0, 0.05) is 42.1 Å². The number of nitro benzene ring substituents is 1. The predicted octanol–water partition coefficient (Wildman–Crippen LogP) is 2.77. The summed E-state index contributed by atoms with van der Waals surface area (Å²) in [6.45, 7) is 3.32. The van der Waals surface area contributed by atoms with Gasteiger partial charge in [-0.25, -0.2) is 0 Å². The average Bonchev–Trinajstić information content (AvgIpc) is 2.29. The van der Waals surface area contributed by atoms with Crippen molar-refractivity contribution in [2.75, 3.05) is 31.3 Å². The van der Waals surface area contributed by atoms with Crippen LogP contribution in [-0.4, -0.2) is 30.9 Å². The van der Waals surface area contributed by atoms with Gasteiger partial charge in [0.1, 0.15) is 0 Å². The van der Waals surface area contributed by atoms with Gasteiger partial charge in [-0.1, -0.05) is 0 Å². The zero-order chi connectivity index (χ0) is 12.7. The van der Waals surface area contributed by atoms with Crippen molar-refractivity contribution in [3.8, 4) is 0 Å². The van der Waals surface area contributed by atoms with Gasteiger partial charge in [0.25, 0.3) is 5.69 Å². The van der Waals surface area contributed by atoms with Gasteiger partial charge in [-0.2, -0.15) is 0 Å². The molecule has 5 nitrogen and oxygen atoms in total. The van der Waals surface area contributed by atoms with Crippen molar-refractivity contribution < 1.29 is 9.66 Å². The summed E-state index contributed by atoms with van der Waals surface area (Å²) in [5, 5.41) is 13.9. The van der Waals surface area contributed by atoms with Crippen LogP contribution in [0.25, 0.3) is 0 Å². The Balaban J connectivity index is 2.83. The highest BCUT2D eigenvalue weighted by Gasteiger charge is 2.09. The van der Waals surface area contributed by atoms with Crippen LogP contribution in [0.1, 0.15) is 6.92 Å². The molecule has 0 aliphatic rings. The van der Waals surface area contributed by atoms with E-state index < -0.39 is 0 Å². The third-order valence-electron chi connectivity index (χ3n) is 2.04. The summed E-state index contributed by atoms with van der Waals surface area (Å²) in [6, 6.07) is 5.04. The number of nitrogens with zero attached hydrogens (tertiary/aromatic N) is 1. The Labute approximate surface area is 105 Å². The Hall–Kier alpha value is -1.27. The van der Waals surface area contributed by atoms with Crippen molar-refractivity contribution in [1.82, 2.24) is 0 Å². The van der Waals surface area contributed by atoms with E-state index in [1.165, 1.54) is 0 Å². The lowest BCUT2D eigenvalue weighted by atomic mass is 10.3. The number of non-ortho nitro benzene ring substituents is 1. The Morgan fingerprint density at radius 1 is 1.47 bits per heavy atom. The predicted molar refractivity (Wildman–Crippen MR) is 69.9 cm³/mol. The fourth-order valence-corrected chi connectivity index (χ4v) is 2.22. The molecule has 1 aromatic rings. The van der Waals surface area contributed by atoms with E-state index in [1.54, 1.807) is 31.0 Å². The molecule has 94 valence electrons. The lowest BCUT2D eigenvalue weighted by molar-refractivity contribution is -0.385. The summed E-state index contributed by atoms with van der Waals surface area (Å²) < 4.78 is 4.95. The minimum Gasteiger partial charge on any atom is -0.385 e. The maximum atomic E-state index is 10.8. The fraction of sp³-hybridized carbons (Fsp3) is 0.455. The van der Waals surface area contributed by atoms with Gasteiger partial charge in [-0.05, 0) is 13.0 Å². The second-order valence-corrected chi connectivity index (χ2v) is 4.51. The molecule has 0 saturated heterocycles. The number of anilines is 1. The zero-order valence-electron chi connectivity index (χ0n) is 9.93. The molecule has 17 heavy (non-hydrogen) atoms. The van der Waals surface area contributed by atoms with Crippen LogP contribution < -0.4 is 5.32 Å². The third kappa shape index (κ3) is 4.62. The molecular formula is C11H16N2O3S. The molecular weight excluding hydrogens is 240 g/mol. The number of hydrogen-bond donors (Lipinski definition) is 1. The molecule has 0 aliphatic carbocycles. The molecule has 0 unspecified atom stereocenters. The van der Waals surface area contributed by atoms with Crippen molar-refractivity contribution in [2.24, 2.45) is 0 Å². The van der Waals surface area contributed by atoms with E-state index in [-0.39, 0.29) is 10.6 Å². The Bertz CT molecular complexity index is 385. The van der Waals surface area contributed by atoms with Gasteiger partial charge in [-0.3, -0.25) is 10.1 Å². The molecule has 0 bridgehead atoms. The number of rotatable bonds is 7. The maximum absolute atomic E-state index is 10.8. The first-order chi connectivity index (χ1) is 8.17. The molecule has 1 rings (SSSR count). The van der Waals surface area contributed by atoms with E-state index in [9.17, 15) is 10.1 Å². The van der Waals surface area contributed by atoms with Crippen molar-refractivity contribution in [3.63, 3.8) is 0 Å². The van der Waals surface area contributed by atoms with Crippen LogP contribution in [0.3, 0.4) is 0 Å². The molecule has 0 heterocycles. The van der Waals surface area contributed by atoms with Gasteiger partial charge in [-0.15, -0.1) is 11.8 Å². The normalized spacial score (nSPS) is 10.2. The number of ether oxygens (including phenoxy) is 1. The Morgan fingerprint density at radius 2 is 2.24 bits per heavy atom. The quantitative estimate of drug-likeness (QED) is 0.352. The van der Waals surface area contributed by atoms with Crippen molar-refractivity contribution >= 4 is 23.1 Å². The largest absolute Gasteiger partial charge is 0.385 e. The second kappa shape index (κ2) is 7.13. The number of nitrogens with one attached hydrogen (secondary N) is 1. The first-order valence-electron chi connectivity index (χ1n) is 5.32. The van der Waals surface area contributed by atoms with Gasteiger partial charge in [0.15, 0.2) is 0 Å². The molecule has 1 aromatic carbocycles. The highest BCUT2D eigenvalue weighted by Crippen LogP contribution is 2.27. The van der Waals surface area contributed by atoms with Gasteiger partial charge in [0.05, 0.1) is 11.5 Å². The summed E-state index contributed by atoms with van der Waals surface area (Å²) in [4.78, 5) is 11.3.